The summed E-state index contributed by atoms with van der Waals surface area (Å²) >= 11 is 11.9. The fraction of sp³-hybridized carbons (Fsp3) is 0.368. The Balaban J connectivity index is 1.45. The van der Waals surface area contributed by atoms with Crippen LogP contribution in [0, 0.1) is 5.92 Å². The molecule has 0 radical (unpaired) electrons. The third-order valence-corrected chi connectivity index (χ3v) is 5.27. The molecule has 132 valence electrons. The first kappa shape index (κ1) is 18.2. The molecule has 0 unspecified atom stereocenters. The summed E-state index contributed by atoms with van der Waals surface area (Å²) in [5.74, 6) is 0.611. The molecule has 25 heavy (non-hydrogen) atoms. The molecule has 1 aromatic heterocycles. The number of halogens is 2. The molecule has 4 nitrogen and oxygen atoms in total. The van der Waals surface area contributed by atoms with Crippen LogP contribution in [-0.2, 0) is 6.54 Å². The van der Waals surface area contributed by atoms with Gasteiger partial charge in [-0.3, -0.25) is 9.78 Å². The number of carbonyl (C=O) groups excluding carboxylic acids is 1. The molecule has 1 N–H and O–H groups in total. The lowest BCUT2D eigenvalue weighted by Crippen LogP contribution is -2.40. The molecule has 0 atom stereocenters. The Morgan fingerprint density at radius 1 is 1.16 bits per heavy atom. The Morgan fingerprint density at radius 2 is 1.96 bits per heavy atom. The van der Waals surface area contributed by atoms with Crippen molar-refractivity contribution in [2.75, 3.05) is 19.6 Å². The standard InChI is InChI=1S/C19H21Cl2N3O/c20-17-5-4-15(11-18(17)21)19(25)24-9-6-14(7-10-24)12-22-13-16-3-1-2-8-23-16/h1-5,8,11,14,22H,6-7,9-10,12-13H2. The predicted octanol–water partition coefficient (Wildman–Crippen LogP) is 4.03. The summed E-state index contributed by atoms with van der Waals surface area (Å²) in [6.07, 6.45) is 3.81. The zero-order chi connectivity index (χ0) is 17.6. The molecule has 1 aromatic carbocycles. The minimum Gasteiger partial charge on any atom is -0.339 e. The van der Waals surface area contributed by atoms with Crippen molar-refractivity contribution in [1.82, 2.24) is 15.2 Å². The van der Waals surface area contributed by atoms with Crippen molar-refractivity contribution < 1.29 is 4.79 Å². The number of nitrogens with zero attached hydrogens (tertiary/aromatic N) is 2. The van der Waals surface area contributed by atoms with E-state index in [1.54, 1.807) is 18.2 Å². The van der Waals surface area contributed by atoms with Gasteiger partial charge in [-0.25, -0.2) is 0 Å². The Labute approximate surface area is 158 Å². The molecule has 1 aliphatic heterocycles. The first-order valence-electron chi connectivity index (χ1n) is 8.48. The lowest BCUT2D eigenvalue weighted by molar-refractivity contribution is 0.0690. The molecule has 2 aromatic rings. The number of amides is 1. The fourth-order valence-electron chi connectivity index (χ4n) is 3.06. The van der Waals surface area contributed by atoms with Crippen LogP contribution in [0.15, 0.2) is 42.6 Å². The number of likely N-dealkylation sites (tertiary alicyclic amines) is 1. The summed E-state index contributed by atoms with van der Waals surface area (Å²) in [5.41, 5.74) is 1.65. The van der Waals surface area contributed by atoms with Crippen molar-refractivity contribution in [3.63, 3.8) is 0 Å². The van der Waals surface area contributed by atoms with Gasteiger partial charge in [-0.15, -0.1) is 0 Å². The molecule has 0 aliphatic carbocycles. The summed E-state index contributed by atoms with van der Waals surface area (Å²) in [6, 6.07) is 11.0. The molecule has 2 heterocycles. The van der Waals surface area contributed by atoms with E-state index < -0.39 is 0 Å². The van der Waals surface area contributed by atoms with Crippen LogP contribution in [-0.4, -0.2) is 35.4 Å². The van der Waals surface area contributed by atoms with Crippen molar-refractivity contribution in [3.8, 4) is 0 Å². The van der Waals surface area contributed by atoms with E-state index in [0.29, 0.717) is 21.5 Å². The maximum atomic E-state index is 12.6. The van der Waals surface area contributed by atoms with Gasteiger partial charge in [-0.1, -0.05) is 29.3 Å². The van der Waals surface area contributed by atoms with Crippen LogP contribution < -0.4 is 5.32 Å². The molecule has 6 heteroatoms. The van der Waals surface area contributed by atoms with Gasteiger partial charge in [-0.2, -0.15) is 0 Å². The second-order valence-corrected chi connectivity index (χ2v) is 7.13. The van der Waals surface area contributed by atoms with Crippen molar-refractivity contribution in [3.05, 3.63) is 63.9 Å². The first-order chi connectivity index (χ1) is 12.1. The van der Waals surface area contributed by atoms with E-state index in [4.69, 9.17) is 23.2 Å². The van der Waals surface area contributed by atoms with Gasteiger partial charge in [0.05, 0.1) is 15.7 Å². The Morgan fingerprint density at radius 3 is 2.64 bits per heavy atom. The number of nitrogens with one attached hydrogen (secondary N) is 1. The van der Waals surface area contributed by atoms with Gasteiger partial charge in [0.25, 0.3) is 5.91 Å². The molecular weight excluding hydrogens is 357 g/mol. The molecule has 0 bridgehead atoms. The molecule has 0 saturated carbocycles. The second kappa shape index (κ2) is 8.65. The minimum absolute atomic E-state index is 0.0264. The van der Waals surface area contributed by atoms with Gasteiger partial charge >= 0.3 is 0 Å². The molecule has 0 spiro atoms. The van der Waals surface area contributed by atoms with E-state index in [1.165, 1.54) is 0 Å². The number of benzene rings is 1. The van der Waals surface area contributed by atoms with Crippen LogP contribution in [0.2, 0.25) is 10.0 Å². The molecule has 1 fully saturated rings. The normalized spacial score (nSPS) is 15.4. The van der Waals surface area contributed by atoms with Crippen LogP contribution in [0.1, 0.15) is 28.9 Å². The van der Waals surface area contributed by atoms with Gasteiger partial charge in [0.15, 0.2) is 0 Å². The number of hydrogen-bond donors (Lipinski definition) is 1. The van der Waals surface area contributed by atoms with E-state index in [-0.39, 0.29) is 5.91 Å². The van der Waals surface area contributed by atoms with E-state index >= 15 is 0 Å². The third-order valence-electron chi connectivity index (χ3n) is 4.53. The molecular formula is C19H21Cl2N3O. The third kappa shape index (κ3) is 4.94. The lowest BCUT2D eigenvalue weighted by Gasteiger charge is -2.32. The topological polar surface area (TPSA) is 45.2 Å². The van der Waals surface area contributed by atoms with Gasteiger partial charge < -0.3 is 10.2 Å². The lowest BCUT2D eigenvalue weighted by atomic mass is 9.96. The van der Waals surface area contributed by atoms with Crippen molar-refractivity contribution >= 4 is 29.1 Å². The van der Waals surface area contributed by atoms with Crippen LogP contribution in [0.4, 0.5) is 0 Å². The van der Waals surface area contributed by atoms with Gasteiger partial charge in [-0.05, 0) is 55.6 Å². The van der Waals surface area contributed by atoms with Gasteiger partial charge in [0.1, 0.15) is 0 Å². The predicted molar refractivity (Wildman–Crippen MR) is 101 cm³/mol. The van der Waals surface area contributed by atoms with Crippen LogP contribution in [0.25, 0.3) is 0 Å². The number of aromatic nitrogens is 1. The van der Waals surface area contributed by atoms with E-state index in [0.717, 1.165) is 44.7 Å². The van der Waals surface area contributed by atoms with Crippen molar-refractivity contribution in [1.29, 1.82) is 0 Å². The highest BCUT2D eigenvalue weighted by atomic mass is 35.5. The Bertz CT molecular complexity index is 716. The van der Waals surface area contributed by atoms with Crippen LogP contribution in [0.3, 0.4) is 0 Å². The molecule has 3 rings (SSSR count). The number of rotatable bonds is 5. The molecule has 1 aliphatic rings. The second-order valence-electron chi connectivity index (χ2n) is 6.32. The number of pyridine rings is 1. The monoisotopic (exact) mass is 377 g/mol. The highest BCUT2D eigenvalue weighted by molar-refractivity contribution is 6.42. The number of hydrogen-bond acceptors (Lipinski definition) is 3. The van der Waals surface area contributed by atoms with E-state index in [1.807, 2.05) is 29.3 Å². The average molecular weight is 378 g/mol. The summed E-state index contributed by atoms with van der Waals surface area (Å²) in [7, 11) is 0. The molecule has 1 amide bonds. The van der Waals surface area contributed by atoms with E-state index in [9.17, 15) is 4.79 Å². The van der Waals surface area contributed by atoms with Crippen LogP contribution in [0.5, 0.6) is 0 Å². The quantitative estimate of drug-likeness (QED) is 0.855. The maximum absolute atomic E-state index is 12.6. The summed E-state index contributed by atoms with van der Waals surface area (Å²) in [4.78, 5) is 18.8. The Kier molecular flexibility index (Phi) is 6.29. The number of carbonyl (C=O) groups is 1. The SMILES string of the molecule is O=C(c1ccc(Cl)c(Cl)c1)N1CCC(CNCc2ccccn2)CC1. The van der Waals surface area contributed by atoms with Crippen molar-refractivity contribution in [2.24, 2.45) is 5.92 Å². The molecule has 1 saturated heterocycles. The number of piperidine rings is 1. The van der Waals surface area contributed by atoms with E-state index in [2.05, 4.69) is 10.3 Å². The maximum Gasteiger partial charge on any atom is 0.253 e. The van der Waals surface area contributed by atoms with Crippen molar-refractivity contribution in [2.45, 2.75) is 19.4 Å². The zero-order valence-electron chi connectivity index (χ0n) is 13.9. The Hall–Kier alpha value is -1.62. The fourth-order valence-corrected chi connectivity index (χ4v) is 3.36. The minimum atomic E-state index is 0.0264. The summed E-state index contributed by atoms with van der Waals surface area (Å²) in [5, 5.41) is 4.35. The first-order valence-corrected chi connectivity index (χ1v) is 9.24. The smallest absolute Gasteiger partial charge is 0.253 e. The largest absolute Gasteiger partial charge is 0.339 e. The summed E-state index contributed by atoms with van der Waals surface area (Å²) in [6.45, 7) is 3.28. The van der Waals surface area contributed by atoms with Gasteiger partial charge in [0, 0.05) is 31.4 Å². The highest BCUT2D eigenvalue weighted by Gasteiger charge is 2.23. The van der Waals surface area contributed by atoms with Gasteiger partial charge in [0.2, 0.25) is 0 Å². The summed E-state index contributed by atoms with van der Waals surface area (Å²) < 4.78 is 0. The van der Waals surface area contributed by atoms with Crippen LogP contribution >= 0.6 is 23.2 Å². The highest BCUT2D eigenvalue weighted by Crippen LogP contribution is 2.24. The zero-order valence-corrected chi connectivity index (χ0v) is 15.4. The average Bonchev–Trinajstić information content (AvgIpc) is 2.65.